The summed E-state index contributed by atoms with van der Waals surface area (Å²) in [6.45, 7) is 0.560. The maximum Gasteiger partial charge on any atom is 0.271 e. The van der Waals surface area contributed by atoms with Gasteiger partial charge in [0.1, 0.15) is 5.37 Å². The van der Waals surface area contributed by atoms with Crippen molar-refractivity contribution in [3.05, 3.63) is 95.1 Å². The number of hydrogen-bond donors (Lipinski definition) is 1. The second kappa shape index (κ2) is 10.9. The number of nitrogens with one attached hydrogen (secondary N) is 1. The van der Waals surface area contributed by atoms with Crippen LogP contribution in [-0.4, -0.2) is 42.9 Å². The number of hydrazone groups is 1. The first kappa shape index (κ1) is 23.4. The van der Waals surface area contributed by atoms with E-state index >= 15 is 0 Å². The molecule has 1 fully saturated rings. The highest BCUT2D eigenvalue weighted by Gasteiger charge is 2.32. The molecule has 34 heavy (non-hydrogen) atoms. The van der Waals surface area contributed by atoms with E-state index in [0.717, 1.165) is 16.7 Å². The average Bonchev–Trinajstić information content (AvgIpc) is 3.24. The molecule has 174 valence electrons. The van der Waals surface area contributed by atoms with Gasteiger partial charge in [0.05, 0.1) is 26.2 Å². The fourth-order valence-corrected chi connectivity index (χ4v) is 4.83. The van der Waals surface area contributed by atoms with Crippen LogP contribution >= 0.6 is 11.8 Å². The second-order valence-electron chi connectivity index (χ2n) is 7.61. The third kappa shape index (κ3) is 5.40. The van der Waals surface area contributed by atoms with Crippen LogP contribution in [0.5, 0.6) is 11.5 Å². The van der Waals surface area contributed by atoms with Crippen molar-refractivity contribution in [3.8, 4) is 11.5 Å². The smallest absolute Gasteiger partial charge is 0.271 e. The molecule has 0 aliphatic carbocycles. The normalized spacial score (nSPS) is 15.5. The van der Waals surface area contributed by atoms with E-state index in [9.17, 15) is 9.59 Å². The van der Waals surface area contributed by atoms with Gasteiger partial charge in [0.25, 0.3) is 5.91 Å². The maximum absolute atomic E-state index is 12.5. The molecule has 0 radical (unpaired) electrons. The van der Waals surface area contributed by atoms with Gasteiger partial charge in [0.15, 0.2) is 11.5 Å². The number of amides is 2. The fraction of sp³-hybridized carbons (Fsp3) is 0.192. The Balaban J connectivity index is 1.39. The van der Waals surface area contributed by atoms with Crippen LogP contribution < -0.4 is 14.9 Å². The maximum atomic E-state index is 12.5. The number of hydrogen-bond acceptors (Lipinski definition) is 6. The quantitative estimate of drug-likeness (QED) is 0.389. The molecular formula is C26H25N3O4S. The summed E-state index contributed by atoms with van der Waals surface area (Å²) >= 11 is 1.60. The lowest BCUT2D eigenvalue weighted by Crippen LogP contribution is -2.27. The minimum Gasteiger partial charge on any atom is -0.493 e. The summed E-state index contributed by atoms with van der Waals surface area (Å²) < 4.78 is 10.5. The third-order valence-electron chi connectivity index (χ3n) is 5.41. The summed E-state index contributed by atoms with van der Waals surface area (Å²) in [7, 11) is 3.13. The summed E-state index contributed by atoms with van der Waals surface area (Å²) in [4.78, 5) is 26.8. The van der Waals surface area contributed by atoms with Gasteiger partial charge in [-0.1, -0.05) is 42.5 Å². The van der Waals surface area contributed by atoms with Gasteiger partial charge >= 0.3 is 0 Å². The third-order valence-corrected chi connectivity index (χ3v) is 6.67. The predicted octanol–water partition coefficient (Wildman–Crippen LogP) is 4.24. The molecule has 1 saturated heterocycles. The lowest BCUT2D eigenvalue weighted by atomic mass is 10.1. The molecule has 0 unspecified atom stereocenters. The van der Waals surface area contributed by atoms with Gasteiger partial charge in [0.2, 0.25) is 5.91 Å². The number of rotatable bonds is 8. The number of carbonyl (C=O) groups is 2. The molecule has 4 rings (SSSR count). The monoisotopic (exact) mass is 475 g/mol. The molecule has 0 spiro atoms. The highest BCUT2D eigenvalue weighted by molar-refractivity contribution is 8.00. The largest absolute Gasteiger partial charge is 0.493 e. The Bertz CT molecular complexity index is 1180. The first-order valence-electron chi connectivity index (χ1n) is 10.7. The van der Waals surface area contributed by atoms with Crippen molar-refractivity contribution in [1.82, 2.24) is 10.3 Å². The molecule has 1 N–H and O–H groups in total. The van der Waals surface area contributed by atoms with Gasteiger partial charge in [-0.2, -0.15) is 5.10 Å². The lowest BCUT2D eigenvalue weighted by Gasteiger charge is -2.24. The van der Waals surface area contributed by atoms with Crippen LogP contribution in [0.4, 0.5) is 0 Å². The highest BCUT2D eigenvalue weighted by atomic mass is 32.2. The minimum atomic E-state index is -0.320. The SMILES string of the molecule is COc1ccc(/C=N\NC(=O)c2ccc([C@@H]3SCC(=O)N3Cc3ccccc3)cc2)cc1OC. The van der Waals surface area contributed by atoms with E-state index in [2.05, 4.69) is 10.5 Å². The van der Waals surface area contributed by atoms with Gasteiger partial charge in [-0.05, 0) is 47.0 Å². The van der Waals surface area contributed by atoms with E-state index in [4.69, 9.17) is 9.47 Å². The molecule has 0 saturated carbocycles. The Kier molecular flexibility index (Phi) is 7.49. The number of methoxy groups -OCH3 is 2. The van der Waals surface area contributed by atoms with Gasteiger partial charge in [-0.3, -0.25) is 9.59 Å². The Hall–Kier alpha value is -3.78. The lowest BCUT2D eigenvalue weighted by molar-refractivity contribution is -0.128. The van der Waals surface area contributed by atoms with Gasteiger partial charge < -0.3 is 14.4 Å². The second-order valence-corrected chi connectivity index (χ2v) is 8.67. The van der Waals surface area contributed by atoms with Crippen molar-refractivity contribution < 1.29 is 19.1 Å². The van der Waals surface area contributed by atoms with Crippen LogP contribution in [0.1, 0.15) is 32.4 Å². The Morgan fingerprint density at radius 3 is 2.50 bits per heavy atom. The number of ether oxygens (including phenoxy) is 2. The van der Waals surface area contributed by atoms with Gasteiger partial charge in [-0.25, -0.2) is 5.43 Å². The zero-order valence-electron chi connectivity index (χ0n) is 18.9. The van der Waals surface area contributed by atoms with Crippen LogP contribution in [0.2, 0.25) is 0 Å². The van der Waals surface area contributed by atoms with E-state index in [1.807, 2.05) is 53.4 Å². The van der Waals surface area contributed by atoms with Crippen molar-refractivity contribution >= 4 is 29.8 Å². The van der Waals surface area contributed by atoms with Gasteiger partial charge in [-0.15, -0.1) is 11.8 Å². The summed E-state index contributed by atoms with van der Waals surface area (Å²) in [5.74, 6) is 1.45. The molecule has 2 amide bonds. The highest BCUT2D eigenvalue weighted by Crippen LogP contribution is 2.39. The summed E-state index contributed by atoms with van der Waals surface area (Å²) in [6.07, 6.45) is 1.54. The molecule has 1 heterocycles. The molecule has 1 aliphatic heterocycles. The van der Waals surface area contributed by atoms with Crippen molar-refractivity contribution in [2.45, 2.75) is 11.9 Å². The molecular weight excluding hydrogens is 450 g/mol. The Labute approximate surface area is 202 Å². The summed E-state index contributed by atoms with van der Waals surface area (Å²) in [6, 6.07) is 22.6. The number of carbonyl (C=O) groups excluding carboxylic acids is 2. The molecule has 0 bridgehead atoms. The summed E-state index contributed by atoms with van der Waals surface area (Å²) in [5, 5.41) is 3.96. The topological polar surface area (TPSA) is 80.2 Å². The van der Waals surface area contributed by atoms with Crippen LogP contribution in [-0.2, 0) is 11.3 Å². The van der Waals surface area contributed by atoms with Gasteiger partial charge in [0, 0.05) is 12.1 Å². The van der Waals surface area contributed by atoms with Crippen LogP contribution in [0.25, 0.3) is 0 Å². The van der Waals surface area contributed by atoms with E-state index in [1.54, 1.807) is 50.2 Å². The molecule has 3 aromatic carbocycles. The van der Waals surface area contributed by atoms with E-state index in [-0.39, 0.29) is 17.2 Å². The van der Waals surface area contributed by atoms with E-state index in [1.165, 1.54) is 6.21 Å². The Morgan fingerprint density at radius 2 is 1.79 bits per heavy atom. The molecule has 8 heteroatoms. The standard InChI is InChI=1S/C26H25N3O4S/c1-32-22-13-8-19(14-23(22)33-2)15-27-28-25(31)20-9-11-21(12-10-20)26-29(24(30)17-34-26)16-18-6-4-3-5-7-18/h3-15,26H,16-17H2,1-2H3,(H,28,31)/b27-15-/t26-/m0/s1. The summed E-state index contributed by atoms with van der Waals surface area (Å²) in [5.41, 5.74) is 5.86. The van der Waals surface area contributed by atoms with Crippen LogP contribution in [0.3, 0.4) is 0 Å². The van der Waals surface area contributed by atoms with Crippen molar-refractivity contribution in [2.24, 2.45) is 5.10 Å². The van der Waals surface area contributed by atoms with Crippen LogP contribution in [0, 0.1) is 0 Å². The first-order chi connectivity index (χ1) is 16.6. The molecule has 0 aromatic heterocycles. The number of benzene rings is 3. The molecule has 1 atom stereocenters. The zero-order valence-corrected chi connectivity index (χ0v) is 19.7. The minimum absolute atomic E-state index is 0.0760. The Morgan fingerprint density at radius 1 is 1.06 bits per heavy atom. The molecule has 3 aromatic rings. The first-order valence-corrected chi connectivity index (χ1v) is 11.7. The zero-order chi connectivity index (χ0) is 23.9. The number of thioether (sulfide) groups is 1. The molecule has 7 nitrogen and oxygen atoms in total. The van der Waals surface area contributed by atoms with Crippen molar-refractivity contribution in [2.75, 3.05) is 20.0 Å². The van der Waals surface area contributed by atoms with Crippen molar-refractivity contribution in [3.63, 3.8) is 0 Å². The fourth-order valence-electron chi connectivity index (χ4n) is 3.64. The molecule has 1 aliphatic rings. The predicted molar refractivity (Wildman–Crippen MR) is 133 cm³/mol. The van der Waals surface area contributed by atoms with Crippen LogP contribution in [0.15, 0.2) is 77.9 Å². The van der Waals surface area contributed by atoms with E-state index in [0.29, 0.717) is 29.4 Å². The average molecular weight is 476 g/mol. The van der Waals surface area contributed by atoms with Crippen molar-refractivity contribution in [1.29, 1.82) is 0 Å². The number of nitrogens with zero attached hydrogens (tertiary/aromatic N) is 2. The van der Waals surface area contributed by atoms with E-state index < -0.39 is 0 Å².